The number of benzene rings is 1. The molecule has 0 bridgehead atoms. The number of hydrogen-bond acceptors (Lipinski definition) is 5. The van der Waals surface area contributed by atoms with Gasteiger partial charge in [0.25, 0.3) is 11.8 Å². The molecule has 1 aromatic carbocycles. The molecule has 28 heavy (non-hydrogen) atoms. The monoisotopic (exact) mass is 418 g/mol. The molecule has 0 spiro atoms. The number of anilines is 2. The Kier molecular flexibility index (Phi) is 4.86. The van der Waals surface area contributed by atoms with Gasteiger partial charge in [-0.25, -0.2) is 9.69 Å². The summed E-state index contributed by atoms with van der Waals surface area (Å²) in [5.74, 6) is -0.352. The van der Waals surface area contributed by atoms with E-state index >= 15 is 0 Å². The van der Waals surface area contributed by atoms with E-state index < -0.39 is 34.7 Å². The zero-order valence-corrected chi connectivity index (χ0v) is 16.1. The Labute approximate surface area is 167 Å². The second-order valence-electron chi connectivity index (χ2n) is 6.31. The van der Waals surface area contributed by atoms with E-state index in [2.05, 4.69) is 10.3 Å². The highest BCUT2D eigenvalue weighted by Gasteiger charge is 2.48. The lowest BCUT2D eigenvalue weighted by Crippen LogP contribution is -2.46. The van der Waals surface area contributed by atoms with Crippen LogP contribution in [0, 0.1) is 0 Å². The lowest BCUT2D eigenvalue weighted by molar-refractivity contribution is -0.119. The average molecular weight is 419 g/mol. The van der Waals surface area contributed by atoms with Crippen molar-refractivity contribution in [3.05, 3.63) is 53.3 Å². The van der Waals surface area contributed by atoms with Gasteiger partial charge in [-0.05, 0) is 30.3 Å². The number of rotatable bonds is 3. The number of pyridine rings is 1. The maximum Gasteiger partial charge on any atom is 0.332 e. The van der Waals surface area contributed by atoms with Gasteiger partial charge in [-0.15, -0.1) is 0 Å². The van der Waals surface area contributed by atoms with E-state index in [0.717, 1.165) is 4.90 Å². The molecular formula is C18H15ClN4O4S. The highest BCUT2D eigenvalue weighted by Crippen LogP contribution is 2.34. The van der Waals surface area contributed by atoms with Gasteiger partial charge in [0, 0.05) is 35.0 Å². The standard InChI is InChI=1S/C18H15ClN4O4S/c19-12-9-11(21-16(24)13-3-1-2-6-20-13)4-5-14(12)23-17(25)15-10-28(27)8-7-22(15)18(23)26/h1-6,9,15H,7-8,10H2,(H,21,24). The number of carbonyl (C=O) groups is 3. The number of aromatic nitrogens is 1. The van der Waals surface area contributed by atoms with Crippen molar-refractivity contribution in [1.82, 2.24) is 9.88 Å². The summed E-state index contributed by atoms with van der Waals surface area (Å²) in [5.41, 5.74) is 0.882. The third-order valence-corrected chi connectivity index (χ3v) is 6.19. The molecule has 2 aromatic rings. The quantitative estimate of drug-likeness (QED) is 0.767. The molecule has 2 atom stereocenters. The van der Waals surface area contributed by atoms with Gasteiger partial charge in [-0.3, -0.25) is 18.8 Å². The normalized spacial score (nSPS) is 21.6. The summed E-state index contributed by atoms with van der Waals surface area (Å²) in [6.07, 6.45) is 1.51. The van der Waals surface area contributed by atoms with Crippen LogP contribution in [0.1, 0.15) is 10.5 Å². The third kappa shape index (κ3) is 3.27. The second kappa shape index (κ2) is 7.33. The first kappa shape index (κ1) is 18.6. The lowest BCUT2D eigenvalue weighted by atomic mass is 10.2. The minimum atomic E-state index is -1.12. The molecule has 2 fully saturated rings. The summed E-state index contributed by atoms with van der Waals surface area (Å²) in [4.78, 5) is 44.0. The lowest BCUT2D eigenvalue weighted by Gasteiger charge is -2.25. The highest BCUT2D eigenvalue weighted by atomic mass is 35.5. The fraction of sp³-hybridized carbons (Fsp3) is 0.222. The largest absolute Gasteiger partial charge is 0.332 e. The van der Waals surface area contributed by atoms with Gasteiger partial charge in [0.15, 0.2) is 0 Å². The van der Waals surface area contributed by atoms with E-state index in [1.54, 1.807) is 24.3 Å². The molecule has 4 amide bonds. The number of amides is 4. The Hall–Kier alpha value is -2.78. The van der Waals surface area contributed by atoms with E-state index in [4.69, 9.17) is 11.6 Å². The summed E-state index contributed by atoms with van der Waals surface area (Å²) in [6, 6.07) is 8.31. The molecule has 4 rings (SSSR count). The SMILES string of the molecule is O=C(Nc1ccc(N2C(=O)C3CS(=O)CCN3C2=O)c(Cl)c1)c1ccccn1. The van der Waals surface area contributed by atoms with Gasteiger partial charge in [-0.1, -0.05) is 17.7 Å². The number of urea groups is 1. The second-order valence-corrected chi connectivity index (χ2v) is 8.34. The van der Waals surface area contributed by atoms with Gasteiger partial charge < -0.3 is 10.2 Å². The van der Waals surface area contributed by atoms with Crippen molar-refractivity contribution in [3.63, 3.8) is 0 Å². The fourth-order valence-corrected chi connectivity index (χ4v) is 4.70. The minimum Gasteiger partial charge on any atom is -0.321 e. The molecular weight excluding hydrogens is 404 g/mol. The van der Waals surface area contributed by atoms with Gasteiger partial charge in [0.05, 0.1) is 16.5 Å². The van der Waals surface area contributed by atoms with Crippen LogP contribution in [0.4, 0.5) is 16.2 Å². The first-order valence-corrected chi connectivity index (χ1v) is 10.3. The number of halogens is 1. The molecule has 0 saturated carbocycles. The summed E-state index contributed by atoms with van der Waals surface area (Å²) in [7, 11) is -1.12. The van der Waals surface area contributed by atoms with Gasteiger partial charge in [0.2, 0.25) is 0 Å². The fourth-order valence-electron chi connectivity index (χ4n) is 3.19. The smallest absolute Gasteiger partial charge is 0.321 e. The summed E-state index contributed by atoms with van der Waals surface area (Å²) >= 11 is 6.30. The Morgan fingerprint density at radius 3 is 2.79 bits per heavy atom. The zero-order chi connectivity index (χ0) is 19.8. The van der Waals surface area contributed by atoms with E-state index in [0.29, 0.717) is 11.4 Å². The Morgan fingerprint density at radius 2 is 2.07 bits per heavy atom. The van der Waals surface area contributed by atoms with Crippen LogP contribution in [0.3, 0.4) is 0 Å². The van der Waals surface area contributed by atoms with Crippen molar-refractivity contribution in [3.8, 4) is 0 Å². The Bertz CT molecular complexity index is 1000. The topological polar surface area (TPSA) is 99.7 Å². The van der Waals surface area contributed by atoms with Crippen molar-refractivity contribution >= 4 is 51.6 Å². The van der Waals surface area contributed by atoms with E-state index in [1.807, 2.05) is 0 Å². The summed E-state index contributed by atoms with van der Waals surface area (Å²) in [6.45, 7) is 0.272. The van der Waals surface area contributed by atoms with Crippen LogP contribution in [-0.4, -0.2) is 56.0 Å². The number of fused-ring (bicyclic) bond motifs is 1. The van der Waals surface area contributed by atoms with Gasteiger partial charge in [-0.2, -0.15) is 0 Å². The van der Waals surface area contributed by atoms with E-state index in [-0.39, 0.29) is 28.7 Å². The Morgan fingerprint density at radius 1 is 1.25 bits per heavy atom. The maximum absolute atomic E-state index is 12.7. The number of imide groups is 1. The first-order chi connectivity index (χ1) is 13.5. The average Bonchev–Trinajstić information content (AvgIpc) is 2.93. The van der Waals surface area contributed by atoms with E-state index in [9.17, 15) is 18.6 Å². The molecule has 1 aromatic heterocycles. The van der Waals surface area contributed by atoms with Crippen molar-refractivity contribution in [1.29, 1.82) is 0 Å². The van der Waals surface area contributed by atoms with Crippen molar-refractivity contribution < 1.29 is 18.6 Å². The molecule has 1 N–H and O–H groups in total. The van der Waals surface area contributed by atoms with Crippen LogP contribution in [-0.2, 0) is 15.6 Å². The van der Waals surface area contributed by atoms with Gasteiger partial charge in [0.1, 0.15) is 11.7 Å². The molecule has 2 aliphatic rings. The number of nitrogens with zero attached hydrogens (tertiary/aromatic N) is 3. The number of carbonyl (C=O) groups excluding carboxylic acids is 3. The first-order valence-electron chi connectivity index (χ1n) is 8.47. The molecule has 3 heterocycles. The van der Waals surface area contributed by atoms with Crippen LogP contribution in [0.2, 0.25) is 5.02 Å². The highest BCUT2D eigenvalue weighted by molar-refractivity contribution is 7.85. The molecule has 0 aliphatic carbocycles. The minimum absolute atomic E-state index is 0.136. The van der Waals surface area contributed by atoms with Crippen molar-refractivity contribution in [2.75, 3.05) is 28.3 Å². The molecule has 0 radical (unpaired) electrons. The van der Waals surface area contributed by atoms with Crippen molar-refractivity contribution in [2.24, 2.45) is 0 Å². The van der Waals surface area contributed by atoms with Crippen LogP contribution >= 0.6 is 11.6 Å². The molecule has 2 aliphatic heterocycles. The Balaban J connectivity index is 1.56. The van der Waals surface area contributed by atoms with Crippen LogP contribution in [0.5, 0.6) is 0 Å². The molecule has 8 nitrogen and oxygen atoms in total. The molecule has 10 heteroatoms. The summed E-state index contributed by atoms with van der Waals surface area (Å²) in [5, 5.41) is 2.81. The van der Waals surface area contributed by atoms with Crippen LogP contribution in [0.15, 0.2) is 42.6 Å². The van der Waals surface area contributed by atoms with Crippen molar-refractivity contribution in [2.45, 2.75) is 6.04 Å². The number of hydrogen-bond donors (Lipinski definition) is 1. The predicted octanol–water partition coefficient (Wildman–Crippen LogP) is 1.89. The molecule has 144 valence electrons. The van der Waals surface area contributed by atoms with E-state index in [1.165, 1.54) is 23.2 Å². The number of nitrogens with one attached hydrogen (secondary N) is 1. The zero-order valence-electron chi connectivity index (χ0n) is 14.5. The molecule has 2 unspecified atom stereocenters. The summed E-state index contributed by atoms with van der Waals surface area (Å²) < 4.78 is 11.8. The van der Waals surface area contributed by atoms with Crippen LogP contribution < -0.4 is 10.2 Å². The van der Waals surface area contributed by atoms with Crippen LogP contribution in [0.25, 0.3) is 0 Å². The third-order valence-electron chi connectivity index (χ3n) is 4.57. The molecule has 2 saturated heterocycles. The predicted molar refractivity (Wildman–Crippen MR) is 105 cm³/mol. The maximum atomic E-state index is 12.7. The van der Waals surface area contributed by atoms with Gasteiger partial charge >= 0.3 is 6.03 Å².